The highest BCUT2D eigenvalue weighted by molar-refractivity contribution is 6.11. The molecule has 0 saturated heterocycles. The van der Waals surface area contributed by atoms with E-state index in [1.807, 2.05) is 18.2 Å². The topological polar surface area (TPSA) is 78.5 Å². The first-order chi connectivity index (χ1) is 14.2. The summed E-state index contributed by atoms with van der Waals surface area (Å²) < 4.78 is 28.1. The molecule has 1 heterocycles. The zero-order chi connectivity index (χ0) is 21.6. The molecule has 6 nitrogen and oxygen atoms in total. The van der Waals surface area contributed by atoms with Gasteiger partial charge in [0.05, 0.1) is 11.7 Å². The van der Waals surface area contributed by atoms with Gasteiger partial charge >= 0.3 is 0 Å². The second kappa shape index (κ2) is 7.19. The quantitative estimate of drug-likeness (QED) is 0.756. The Balaban J connectivity index is 1.66. The third-order valence-electron chi connectivity index (χ3n) is 5.56. The van der Waals surface area contributed by atoms with Crippen LogP contribution in [0.3, 0.4) is 0 Å². The fourth-order valence-electron chi connectivity index (χ4n) is 3.56. The van der Waals surface area contributed by atoms with Crippen molar-refractivity contribution in [3.05, 3.63) is 54.1 Å². The Kier molecular flexibility index (Phi) is 4.80. The van der Waals surface area contributed by atoms with Gasteiger partial charge in [0.15, 0.2) is 0 Å². The summed E-state index contributed by atoms with van der Waals surface area (Å²) in [6.45, 7) is 0.804. The molecule has 2 aromatic carbocycles. The van der Waals surface area contributed by atoms with Crippen LogP contribution in [-0.2, 0) is 14.4 Å². The zero-order valence-corrected chi connectivity index (χ0v) is 16.5. The van der Waals surface area contributed by atoms with E-state index in [1.165, 1.54) is 4.90 Å². The highest BCUT2D eigenvalue weighted by Gasteiger charge is 2.48. The van der Waals surface area contributed by atoms with Crippen LogP contribution in [0.2, 0.25) is 0 Å². The van der Waals surface area contributed by atoms with E-state index in [2.05, 4.69) is 10.6 Å². The molecular formula is C22H21F2N3O3. The molecule has 0 spiro atoms. The van der Waals surface area contributed by atoms with Gasteiger partial charge < -0.3 is 15.5 Å². The monoisotopic (exact) mass is 413 g/mol. The molecule has 0 bridgehead atoms. The molecule has 3 amide bonds. The summed E-state index contributed by atoms with van der Waals surface area (Å²) in [6.07, 6.45) is -1.13. The lowest BCUT2D eigenvalue weighted by Gasteiger charge is -2.26. The third-order valence-corrected chi connectivity index (χ3v) is 5.56. The molecule has 2 unspecified atom stereocenters. The highest BCUT2D eigenvalue weighted by Crippen LogP contribution is 2.39. The maximum absolute atomic E-state index is 15.0. The molecule has 1 fully saturated rings. The van der Waals surface area contributed by atoms with Gasteiger partial charge in [0.2, 0.25) is 0 Å². The number of alkyl halides is 2. The molecule has 4 rings (SSSR count). The number of likely N-dealkylation sites (N-methyl/N-ethyl adjacent to an activating group) is 1. The van der Waals surface area contributed by atoms with Gasteiger partial charge in [-0.3, -0.25) is 14.4 Å². The number of carbonyl (C=O) groups is 3. The number of hydrogen-bond donors (Lipinski definition) is 2. The number of amides is 3. The van der Waals surface area contributed by atoms with Crippen LogP contribution in [0.15, 0.2) is 48.5 Å². The number of carbonyl (C=O) groups excluding carboxylic acids is 3. The second-order valence-corrected chi connectivity index (χ2v) is 7.74. The Morgan fingerprint density at radius 3 is 2.27 bits per heavy atom. The van der Waals surface area contributed by atoms with E-state index in [9.17, 15) is 18.8 Å². The summed E-state index contributed by atoms with van der Waals surface area (Å²) in [6, 6.07) is 12.3. The minimum Gasteiger partial charge on any atom is -0.347 e. The van der Waals surface area contributed by atoms with Gasteiger partial charge in [0.1, 0.15) is 12.2 Å². The minimum atomic E-state index is -2.96. The molecule has 4 atom stereocenters. The maximum Gasteiger partial charge on any atom is 0.268 e. The van der Waals surface area contributed by atoms with Crippen molar-refractivity contribution in [2.24, 2.45) is 0 Å². The van der Waals surface area contributed by atoms with Gasteiger partial charge in [0.25, 0.3) is 23.4 Å². The number of halogens is 2. The predicted molar refractivity (Wildman–Crippen MR) is 107 cm³/mol. The Morgan fingerprint density at radius 2 is 1.60 bits per heavy atom. The number of fused-ring (bicyclic) bond motifs is 3. The average Bonchev–Trinajstić information content (AvgIpc) is 3.45. The van der Waals surface area contributed by atoms with E-state index >= 15 is 4.39 Å². The van der Waals surface area contributed by atoms with Gasteiger partial charge in [-0.1, -0.05) is 42.5 Å². The van der Waals surface area contributed by atoms with Gasteiger partial charge in [-0.15, -0.1) is 0 Å². The second-order valence-electron chi connectivity index (χ2n) is 7.74. The Hall–Kier alpha value is -3.29. The lowest BCUT2D eigenvalue weighted by molar-refractivity contribution is -0.146. The number of rotatable bonds is 4. The molecule has 0 aromatic heterocycles. The van der Waals surface area contributed by atoms with Crippen LogP contribution in [-0.4, -0.2) is 42.7 Å². The van der Waals surface area contributed by atoms with Gasteiger partial charge in [-0.05, 0) is 24.1 Å². The first-order valence-corrected chi connectivity index (χ1v) is 9.62. The van der Waals surface area contributed by atoms with Gasteiger partial charge in [-0.25, -0.2) is 8.78 Å². The molecule has 1 saturated carbocycles. The fourth-order valence-corrected chi connectivity index (χ4v) is 3.56. The standard InChI is InChI=1S/C22H21F2N3O3/c1-22(24,20(29)25-16-11-15(16)23)21(30)26-18-14-9-4-3-7-12(14)13-8-5-6-10-17(13)27(2)19(18)28/h3-10,15-16,18H,11H2,1-2H3,(H,25,29)(H,26,30)/t15-,16+,18?,22?/m0/s1. The van der Waals surface area contributed by atoms with E-state index in [-0.39, 0.29) is 6.42 Å². The molecule has 1 aliphatic heterocycles. The van der Waals surface area contributed by atoms with Crippen molar-refractivity contribution < 1.29 is 23.2 Å². The van der Waals surface area contributed by atoms with Crippen LogP contribution in [0.1, 0.15) is 24.9 Å². The fraction of sp³-hybridized carbons (Fsp3) is 0.318. The normalized spacial score (nSPS) is 24.1. The summed E-state index contributed by atoms with van der Waals surface area (Å²) in [5, 5.41) is 4.58. The van der Waals surface area contributed by atoms with Gasteiger partial charge in [-0.2, -0.15) is 0 Å². The van der Waals surface area contributed by atoms with E-state index in [0.29, 0.717) is 11.3 Å². The molecule has 30 heavy (non-hydrogen) atoms. The van der Waals surface area contributed by atoms with Crippen LogP contribution in [0.25, 0.3) is 11.1 Å². The Bertz CT molecular complexity index is 1040. The molecule has 0 radical (unpaired) electrons. The smallest absolute Gasteiger partial charge is 0.268 e. The molecule has 2 aromatic rings. The number of benzene rings is 2. The number of nitrogens with zero attached hydrogens (tertiary/aromatic N) is 1. The summed E-state index contributed by atoms with van der Waals surface area (Å²) >= 11 is 0. The van der Waals surface area contributed by atoms with Crippen LogP contribution < -0.4 is 15.5 Å². The zero-order valence-electron chi connectivity index (χ0n) is 16.5. The summed E-state index contributed by atoms with van der Waals surface area (Å²) in [7, 11) is 1.57. The number of nitrogens with one attached hydrogen (secondary N) is 2. The molecule has 2 N–H and O–H groups in total. The van der Waals surface area contributed by atoms with Crippen LogP contribution in [0, 0.1) is 0 Å². The third kappa shape index (κ3) is 3.32. The van der Waals surface area contributed by atoms with Crippen molar-refractivity contribution >= 4 is 23.4 Å². The van der Waals surface area contributed by atoms with Crippen molar-refractivity contribution in [3.63, 3.8) is 0 Å². The summed E-state index contributed by atoms with van der Waals surface area (Å²) in [5.74, 6) is -2.96. The first-order valence-electron chi connectivity index (χ1n) is 9.62. The number of para-hydroxylation sites is 1. The van der Waals surface area contributed by atoms with Crippen molar-refractivity contribution in [2.75, 3.05) is 11.9 Å². The van der Waals surface area contributed by atoms with Crippen LogP contribution in [0.4, 0.5) is 14.5 Å². The maximum atomic E-state index is 15.0. The molecule has 156 valence electrons. The predicted octanol–water partition coefficient (Wildman–Crippen LogP) is 2.44. The molecule has 1 aliphatic carbocycles. The Labute approximate surface area is 172 Å². The van der Waals surface area contributed by atoms with Crippen molar-refractivity contribution in [3.8, 4) is 11.1 Å². The summed E-state index contributed by atoms with van der Waals surface area (Å²) in [5.41, 5.74) is -0.302. The van der Waals surface area contributed by atoms with Crippen molar-refractivity contribution in [2.45, 2.75) is 37.3 Å². The van der Waals surface area contributed by atoms with Crippen molar-refractivity contribution in [1.29, 1.82) is 0 Å². The minimum absolute atomic E-state index is 0.0982. The van der Waals surface area contributed by atoms with Crippen LogP contribution >= 0.6 is 0 Å². The lowest BCUT2D eigenvalue weighted by Crippen LogP contribution is -2.55. The number of hydrogen-bond acceptors (Lipinski definition) is 3. The molecule has 8 heteroatoms. The first kappa shape index (κ1) is 20.0. The van der Waals surface area contributed by atoms with E-state index in [0.717, 1.165) is 18.1 Å². The molecular weight excluding hydrogens is 392 g/mol. The van der Waals surface area contributed by atoms with E-state index < -0.39 is 41.6 Å². The lowest BCUT2D eigenvalue weighted by atomic mass is 9.95. The average molecular weight is 413 g/mol. The highest BCUT2D eigenvalue weighted by atomic mass is 19.1. The SMILES string of the molecule is CN1C(=O)C(NC(=O)C(C)(F)C(=O)N[C@@H]2C[C@@H]2F)c2ccccc2-c2ccccc21. The molecule has 2 aliphatic rings. The van der Waals surface area contributed by atoms with E-state index in [1.54, 1.807) is 37.4 Å². The number of anilines is 1. The largest absolute Gasteiger partial charge is 0.347 e. The summed E-state index contributed by atoms with van der Waals surface area (Å²) in [4.78, 5) is 39.4. The Morgan fingerprint density at radius 1 is 1.03 bits per heavy atom. The van der Waals surface area contributed by atoms with E-state index in [4.69, 9.17) is 0 Å². The van der Waals surface area contributed by atoms with Crippen molar-refractivity contribution in [1.82, 2.24) is 10.6 Å². The van der Waals surface area contributed by atoms with Gasteiger partial charge in [0, 0.05) is 19.0 Å². The van der Waals surface area contributed by atoms with Crippen LogP contribution in [0.5, 0.6) is 0 Å².